The van der Waals surface area contributed by atoms with E-state index in [1.165, 1.54) is 12.3 Å². The summed E-state index contributed by atoms with van der Waals surface area (Å²) >= 11 is 0. The van der Waals surface area contributed by atoms with Crippen LogP contribution >= 0.6 is 0 Å². The smallest absolute Gasteiger partial charge is 0.280 e. The Kier molecular flexibility index (Phi) is 5.81. The third-order valence-corrected chi connectivity index (χ3v) is 3.88. The molecule has 142 valence electrons. The number of nitro groups is 1. The van der Waals surface area contributed by atoms with Crippen LogP contribution in [0.15, 0.2) is 70.2 Å². The van der Waals surface area contributed by atoms with Gasteiger partial charge < -0.3 is 9.73 Å². The van der Waals surface area contributed by atoms with E-state index < -0.39 is 4.92 Å². The molecular weight excluding hydrogens is 360 g/mol. The molecule has 8 nitrogen and oxygen atoms in total. The van der Waals surface area contributed by atoms with Crippen LogP contribution in [0, 0.1) is 17.0 Å². The molecule has 28 heavy (non-hydrogen) atoms. The Balaban J connectivity index is 1.56. The molecule has 3 rings (SSSR count). The van der Waals surface area contributed by atoms with Gasteiger partial charge in [0, 0.05) is 11.8 Å². The van der Waals surface area contributed by atoms with E-state index in [-0.39, 0.29) is 18.1 Å². The molecule has 0 radical (unpaired) electrons. The van der Waals surface area contributed by atoms with Crippen molar-refractivity contribution in [3.05, 3.63) is 82.1 Å². The van der Waals surface area contributed by atoms with Gasteiger partial charge in [-0.1, -0.05) is 29.8 Å². The molecule has 0 unspecified atom stereocenters. The number of carbonyl (C=O) groups excluding carboxylic acids is 1. The third kappa shape index (κ3) is 4.82. The zero-order valence-corrected chi connectivity index (χ0v) is 15.1. The zero-order chi connectivity index (χ0) is 19.9. The standard InChI is InChI=1S/C20H18N4O4/c1-14-6-8-15(9-7-14)21-13-20(25)23-22-12-16-10-11-19(28-16)17-4-2-3-5-18(17)24(26)27/h2-12,21H,13H2,1H3,(H,23,25)/b22-12-. The summed E-state index contributed by atoms with van der Waals surface area (Å²) in [7, 11) is 0. The van der Waals surface area contributed by atoms with Crippen LogP contribution in [-0.2, 0) is 4.79 Å². The maximum atomic E-state index is 11.8. The highest BCUT2D eigenvalue weighted by molar-refractivity contribution is 5.83. The number of nitrogens with one attached hydrogen (secondary N) is 2. The molecule has 3 aromatic rings. The number of amides is 1. The highest BCUT2D eigenvalue weighted by Crippen LogP contribution is 2.30. The molecular formula is C20H18N4O4. The Hall–Kier alpha value is -3.94. The number of para-hydroxylation sites is 1. The molecule has 0 aliphatic rings. The SMILES string of the molecule is Cc1ccc(NCC(=O)N/N=C\c2ccc(-c3ccccc3[N+](=O)[O-])o2)cc1. The minimum Gasteiger partial charge on any atom is -0.455 e. The van der Waals surface area contributed by atoms with E-state index in [0.717, 1.165) is 11.3 Å². The van der Waals surface area contributed by atoms with Crippen molar-refractivity contribution in [1.29, 1.82) is 0 Å². The largest absolute Gasteiger partial charge is 0.455 e. The van der Waals surface area contributed by atoms with Gasteiger partial charge in [-0.05, 0) is 37.3 Å². The number of rotatable bonds is 7. The van der Waals surface area contributed by atoms with Crippen LogP contribution in [0.25, 0.3) is 11.3 Å². The number of carbonyl (C=O) groups is 1. The second-order valence-electron chi connectivity index (χ2n) is 5.99. The lowest BCUT2D eigenvalue weighted by atomic mass is 10.1. The van der Waals surface area contributed by atoms with Crippen LogP contribution in [0.1, 0.15) is 11.3 Å². The molecule has 1 amide bonds. The van der Waals surface area contributed by atoms with E-state index in [1.54, 1.807) is 30.3 Å². The third-order valence-electron chi connectivity index (χ3n) is 3.88. The summed E-state index contributed by atoms with van der Waals surface area (Å²) in [6, 6.07) is 17.2. The zero-order valence-electron chi connectivity index (χ0n) is 15.1. The van der Waals surface area contributed by atoms with E-state index in [2.05, 4.69) is 15.8 Å². The first kappa shape index (κ1) is 18.8. The number of nitrogens with zero attached hydrogens (tertiary/aromatic N) is 2. The first-order valence-corrected chi connectivity index (χ1v) is 8.49. The van der Waals surface area contributed by atoms with Crippen molar-refractivity contribution in [3.63, 3.8) is 0 Å². The molecule has 0 aliphatic heterocycles. The van der Waals surface area contributed by atoms with Gasteiger partial charge in [-0.15, -0.1) is 0 Å². The Morgan fingerprint density at radius 1 is 1.14 bits per heavy atom. The summed E-state index contributed by atoms with van der Waals surface area (Å²) < 4.78 is 5.56. The lowest BCUT2D eigenvalue weighted by molar-refractivity contribution is -0.384. The van der Waals surface area contributed by atoms with Crippen LogP contribution in [0.3, 0.4) is 0 Å². The van der Waals surface area contributed by atoms with Gasteiger partial charge in [-0.2, -0.15) is 5.10 Å². The molecule has 8 heteroatoms. The molecule has 0 saturated heterocycles. The topological polar surface area (TPSA) is 110 Å². The van der Waals surface area contributed by atoms with Crippen molar-refractivity contribution >= 4 is 23.5 Å². The van der Waals surface area contributed by atoms with Gasteiger partial charge in [0.2, 0.25) is 0 Å². The van der Waals surface area contributed by atoms with Gasteiger partial charge in [0.15, 0.2) is 0 Å². The van der Waals surface area contributed by atoms with Gasteiger partial charge in [0.05, 0.1) is 23.2 Å². The van der Waals surface area contributed by atoms with Gasteiger partial charge in [-0.3, -0.25) is 14.9 Å². The number of anilines is 1. The summed E-state index contributed by atoms with van der Waals surface area (Å²) in [5.74, 6) is 0.392. The maximum absolute atomic E-state index is 11.8. The number of nitro benzene ring substituents is 1. The van der Waals surface area contributed by atoms with E-state index >= 15 is 0 Å². The molecule has 0 spiro atoms. The average molecular weight is 378 g/mol. The molecule has 2 N–H and O–H groups in total. The molecule has 0 aliphatic carbocycles. The number of furan rings is 1. The molecule has 1 heterocycles. The molecule has 2 aromatic carbocycles. The molecule has 0 fully saturated rings. The molecule has 0 saturated carbocycles. The predicted molar refractivity (Wildman–Crippen MR) is 106 cm³/mol. The lowest BCUT2D eigenvalue weighted by Crippen LogP contribution is -2.25. The van der Waals surface area contributed by atoms with Gasteiger partial charge in [0.25, 0.3) is 11.6 Å². The summed E-state index contributed by atoms with van der Waals surface area (Å²) in [6.07, 6.45) is 1.34. The summed E-state index contributed by atoms with van der Waals surface area (Å²) in [4.78, 5) is 22.5. The van der Waals surface area contributed by atoms with Crippen LogP contribution in [0.4, 0.5) is 11.4 Å². The monoisotopic (exact) mass is 378 g/mol. The number of hydrogen-bond donors (Lipinski definition) is 2. The number of aryl methyl sites for hydroxylation is 1. The van der Waals surface area contributed by atoms with Crippen molar-refractivity contribution in [2.75, 3.05) is 11.9 Å². The van der Waals surface area contributed by atoms with Gasteiger partial charge in [-0.25, -0.2) is 5.43 Å². The minimum atomic E-state index is -0.465. The summed E-state index contributed by atoms with van der Waals surface area (Å²) in [5, 5.41) is 17.9. The molecule has 1 aromatic heterocycles. The van der Waals surface area contributed by atoms with Crippen molar-refractivity contribution in [1.82, 2.24) is 5.43 Å². The number of benzene rings is 2. The van der Waals surface area contributed by atoms with E-state index in [9.17, 15) is 14.9 Å². The Bertz CT molecular complexity index is 1010. The average Bonchev–Trinajstić information content (AvgIpc) is 3.16. The van der Waals surface area contributed by atoms with Crippen molar-refractivity contribution < 1.29 is 14.1 Å². The van der Waals surface area contributed by atoms with Crippen molar-refractivity contribution in [2.24, 2.45) is 5.10 Å². The van der Waals surface area contributed by atoms with Crippen molar-refractivity contribution in [2.45, 2.75) is 6.92 Å². The van der Waals surface area contributed by atoms with Gasteiger partial charge >= 0.3 is 0 Å². The van der Waals surface area contributed by atoms with Crippen LogP contribution in [-0.4, -0.2) is 23.6 Å². The van der Waals surface area contributed by atoms with E-state index in [4.69, 9.17) is 4.42 Å². The van der Waals surface area contributed by atoms with Crippen molar-refractivity contribution in [3.8, 4) is 11.3 Å². The van der Waals surface area contributed by atoms with Crippen LogP contribution < -0.4 is 10.7 Å². The van der Waals surface area contributed by atoms with Crippen LogP contribution in [0.2, 0.25) is 0 Å². The Labute approximate surface area is 161 Å². The fraction of sp³-hybridized carbons (Fsp3) is 0.100. The van der Waals surface area contributed by atoms with Gasteiger partial charge in [0.1, 0.15) is 11.5 Å². The Morgan fingerprint density at radius 3 is 2.64 bits per heavy atom. The highest BCUT2D eigenvalue weighted by Gasteiger charge is 2.16. The fourth-order valence-corrected chi connectivity index (χ4v) is 2.47. The quantitative estimate of drug-likeness (QED) is 0.370. The van der Waals surface area contributed by atoms with E-state index in [1.807, 2.05) is 31.2 Å². The number of hydrogen-bond acceptors (Lipinski definition) is 6. The summed E-state index contributed by atoms with van der Waals surface area (Å²) in [6.45, 7) is 2.06. The first-order valence-electron chi connectivity index (χ1n) is 8.49. The normalized spacial score (nSPS) is 10.8. The maximum Gasteiger partial charge on any atom is 0.280 e. The second kappa shape index (κ2) is 8.63. The first-order chi connectivity index (χ1) is 13.5. The summed E-state index contributed by atoms with van der Waals surface area (Å²) in [5.41, 5.74) is 4.69. The second-order valence-corrected chi connectivity index (χ2v) is 5.99. The van der Waals surface area contributed by atoms with Crippen LogP contribution in [0.5, 0.6) is 0 Å². The molecule has 0 bridgehead atoms. The predicted octanol–water partition coefficient (Wildman–Crippen LogP) is 3.73. The molecule has 0 atom stereocenters. The highest BCUT2D eigenvalue weighted by atomic mass is 16.6. The van der Waals surface area contributed by atoms with E-state index in [0.29, 0.717) is 17.1 Å². The number of hydrazone groups is 1. The minimum absolute atomic E-state index is 0.0455. The Morgan fingerprint density at radius 2 is 1.89 bits per heavy atom. The fourth-order valence-electron chi connectivity index (χ4n) is 2.47. The lowest BCUT2D eigenvalue weighted by Gasteiger charge is -2.05.